The van der Waals surface area contributed by atoms with Crippen LogP contribution in [-0.4, -0.2) is 30.0 Å². The Morgan fingerprint density at radius 2 is 1.95 bits per heavy atom. The molecule has 1 aliphatic heterocycles. The van der Waals surface area contributed by atoms with Gasteiger partial charge in [-0.1, -0.05) is 35.5 Å². The SMILES string of the molecule is CCOC(=O)c1c(NC(=O)CSC2=C(C#N)[C@H](c3ccc(Cl)cc3)C(C(C)=O)=C(C)N2)sc2c1CCCC2. The summed E-state index contributed by atoms with van der Waals surface area (Å²) in [6.07, 6.45) is 3.73. The number of hydrogen-bond acceptors (Lipinski definition) is 8. The van der Waals surface area contributed by atoms with Crippen LogP contribution >= 0.6 is 34.7 Å². The number of thiophene rings is 1. The van der Waals surface area contributed by atoms with Crippen LogP contribution < -0.4 is 10.6 Å². The Morgan fingerprint density at radius 3 is 2.61 bits per heavy atom. The number of rotatable bonds is 8. The molecule has 4 rings (SSSR count). The van der Waals surface area contributed by atoms with Crippen molar-refractivity contribution >= 4 is 57.4 Å². The number of benzene rings is 1. The number of nitrogens with one attached hydrogen (secondary N) is 2. The van der Waals surface area contributed by atoms with E-state index >= 15 is 0 Å². The molecule has 2 aliphatic rings. The number of nitriles is 1. The lowest BCUT2D eigenvalue weighted by Gasteiger charge is -2.29. The predicted molar refractivity (Wildman–Crippen MR) is 151 cm³/mol. The highest BCUT2D eigenvalue weighted by molar-refractivity contribution is 8.03. The van der Waals surface area contributed by atoms with E-state index in [1.54, 1.807) is 38.1 Å². The Bertz CT molecular complexity index is 1390. The highest BCUT2D eigenvalue weighted by Crippen LogP contribution is 2.42. The maximum atomic E-state index is 13.0. The van der Waals surface area contributed by atoms with Crippen LogP contribution in [0.3, 0.4) is 0 Å². The molecule has 2 N–H and O–H groups in total. The molecule has 7 nitrogen and oxygen atoms in total. The molecular formula is C28H28ClN3O4S2. The molecule has 1 aromatic carbocycles. The lowest BCUT2D eigenvalue weighted by molar-refractivity contribution is -0.114. The van der Waals surface area contributed by atoms with Gasteiger partial charge in [0.2, 0.25) is 5.91 Å². The third kappa shape index (κ3) is 5.83. The molecule has 1 aromatic heterocycles. The first-order valence-corrected chi connectivity index (χ1v) is 14.6. The molecule has 198 valence electrons. The molecule has 1 amide bonds. The molecule has 1 aliphatic carbocycles. The summed E-state index contributed by atoms with van der Waals surface area (Å²) in [5.41, 5.74) is 3.71. The number of dihydropyridines is 1. The van der Waals surface area contributed by atoms with Crippen LogP contribution in [0.4, 0.5) is 5.00 Å². The van der Waals surface area contributed by atoms with Gasteiger partial charge < -0.3 is 15.4 Å². The number of ketones is 1. The number of halogens is 1. The normalized spacial score (nSPS) is 16.9. The summed E-state index contributed by atoms with van der Waals surface area (Å²) in [6.45, 7) is 5.28. The fourth-order valence-corrected chi connectivity index (χ4v) is 7.17. The molecule has 1 atom stereocenters. The Hall–Kier alpha value is -3.06. The summed E-state index contributed by atoms with van der Waals surface area (Å²) in [5.74, 6) is -1.41. The molecule has 0 spiro atoms. The molecule has 0 unspecified atom stereocenters. The quantitative estimate of drug-likeness (QED) is 0.369. The van der Waals surface area contributed by atoms with Crippen LogP contribution in [0.2, 0.25) is 5.02 Å². The van der Waals surface area contributed by atoms with E-state index in [-0.39, 0.29) is 24.1 Å². The third-order valence-electron chi connectivity index (χ3n) is 6.48. The number of allylic oxidation sites excluding steroid dienone is 3. The van der Waals surface area contributed by atoms with Gasteiger partial charge >= 0.3 is 5.97 Å². The van der Waals surface area contributed by atoms with Gasteiger partial charge in [0, 0.05) is 21.2 Å². The van der Waals surface area contributed by atoms with E-state index in [2.05, 4.69) is 16.7 Å². The minimum Gasteiger partial charge on any atom is -0.462 e. The molecule has 0 radical (unpaired) electrons. The van der Waals surface area contributed by atoms with Crippen molar-refractivity contribution in [2.75, 3.05) is 17.7 Å². The highest BCUT2D eigenvalue weighted by atomic mass is 35.5. The summed E-state index contributed by atoms with van der Waals surface area (Å²) >= 11 is 8.69. The number of aryl methyl sites for hydroxylation is 1. The van der Waals surface area contributed by atoms with Gasteiger partial charge in [-0.25, -0.2) is 4.79 Å². The maximum absolute atomic E-state index is 13.0. The van der Waals surface area contributed by atoms with E-state index < -0.39 is 11.9 Å². The number of ether oxygens (including phenoxy) is 1. The summed E-state index contributed by atoms with van der Waals surface area (Å²) in [4.78, 5) is 39.4. The topological polar surface area (TPSA) is 108 Å². The average molecular weight is 570 g/mol. The van der Waals surface area contributed by atoms with Crippen molar-refractivity contribution in [2.24, 2.45) is 0 Å². The predicted octanol–water partition coefficient (Wildman–Crippen LogP) is 6.11. The van der Waals surface area contributed by atoms with Crippen LogP contribution in [0.15, 0.2) is 46.1 Å². The fraction of sp³-hybridized carbons (Fsp3) is 0.357. The number of esters is 1. The summed E-state index contributed by atoms with van der Waals surface area (Å²) in [7, 11) is 0. The number of amides is 1. The van der Waals surface area contributed by atoms with E-state index in [0.717, 1.165) is 41.7 Å². The van der Waals surface area contributed by atoms with Crippen molar-refractivity contribution in [2.45, 2.75) is 52.4 Å². The monoisotopic (exact) mass is 569 g/mol. The second-order valence-corrected chi connectivity index (χ2v) is 11.6. The van der Waals surface area contributed by atoms with Crippen LogP contribution in [0.1, 0.15) is 65.9 Å². The fourth-order valence-electron chi connectivity index (χ4n) is 4.86. The lowest BCUT2D eigenvalue weighted by atomic mass is 9.81. The number of anilines is 1. The van der Waals surface area contributed by atoms with Gasteiger partial charge in [0.05, 0.1) is 40.5 Å². The average Bonchev–Trinajstić information content (AvgIpc) is 3.25. The Morgan fingerprint density at radius 1 is 1.24 bits per heavy atom. The van der Waals surface area contributed by atoms with Crippen molar-refractivity contribution in [3.63, 3.8) is 0 Å². The maximum Gasteiger partial charge on any atom is 0.341 e. The minimum atomic E-state index is -0.569. The number of hydrogen-bond donors (Lipinski definition) is 2. The van der Waals surface area contributed by atoms with Crippen LogP contribution in [0, 0.1) is 11.3 Å². The molecule has 2 heterocycles. The second-order valence-electron chi connectivity index (χ2n) is 9.03. The Balaban J connectivity index is 1.58. The first-order chi connectivity index (χ1) is 18.2. The van der Waals surface area contributed by atoms with Gasteiger partial charge in [0.1, 0.15) is 5.00 Å². The minimum absolute atomic E-state index is 0.00830. The number of fused-ring (bicyclic) bond motifs is 1. The number of thioether (sulfide) groups is 1. The standard InChI is InChI=1S/C28H28ClN3O4S2/c1-4-36-28(35)25-19-7-5-6-8-21(19)38-27(25)32-22(34)14-37-26-20(13-30)24(17-9-11-18(29)12-10-17)23(16(3)33)15(2)31-26/h9-12,24,31H,4-8,14H2,1-3H3,(H,32,34)/t24-/m0/s1. The summed E-state index contributed by atoms with van der Waals surface area (Å²) < 4.78 is 5.28. The number of Topliss-reactive ketones (excluding diaryl/α,β-unsaturated/α-hetero) is 1. The Kier molecular flexibility index (Phi) is 8.98. The number of nitrogens with zero attached hydrogens (tertiary/aromatic N) is 1. The number of carbonyl (C=O) groups is 3. The largest absolute Gasteiger partial charge is 0.462 e. The van der Waals surface area contributed by atoms with Crippen molar-refractivity contribution < 1.29 is 19.1 Å². The van der Waals surface area contributed by atoms with Crippen LogP contribution in [0.25, 0.3) is 0 Å². The second kappa shape index (κ2) is 12.2. The third-order valence-corrected chi connectivity index (χ3v) is 8.96. The lowest BCUT2D eigenvalue weighted by Crippen LogP contribution is -2.27. The van der Waals surface area contributed by atoms with Gasteiger partial charge in [0.25, 0.3) is 0 Å². The number of carbonyl (C=O) groups excluding carboxylic acids is 3. The highest BCUT2D eigenvalue weighted by Gasteiger charge is 2.33. The van der Waals surface area contributed by atoms with Gasteiger partial charge in [-0.3, -0.25) is 9.59 Å². The van der Waals surface area contributed by atoms with E-state index in [4.69, 9.17) is 16.3 Å². The van der Waals surface area contributed by atoms with Crippen molar-refractivity contribution in [3.8, 4) is 6.07 Å². The molecular weight excluding hydrogens is 542 g/mol. The van der Waals surface area contributed by atoms with Crippen molar-refractivity contribution in [1.82, 2.24) is 5.32 Å². The van der Waals surface area contributed by atoms with E-state index in [9.17, 15) is 19.6 Å². The van der Waals surface area contributed by atoms with Gasteiger partial charge in [-0.15, -0.1) is 11.3 Å². The molecule has 38 heavy (non-hydrogen) atoms. The van der Waals surface area contributed by atoms with Crippen molar-refractivity contribution in [3.05, 3.63) is 72.7 Å². The molecule has 0 fully saturated rings. The van der Waals surface area contributed by atoms with Gasteiger partial charge in [0.15, 0.2) is 5.78 Å². The molecule has 10 heteroatoms. The van der Waals surface area contributed by atoms with Gasteiger partial charge in [-0.2, -0.15) is 5.26 Å². The zero-order valence-electron chi connectivity index (χ0n) is 21.4. The molecule has 2 aromatic rings. The molecule has 0 bridgehead atoms. The summed E-state index contributed by atoms with van der Waals surface area (Å²) in [5, 5.41) is 17.8. The zero-order chi connectivity index (χ0) is 27.4. The van der Waals surface area contributed by atoms with E-state index in [1.807, 2.05) is 0 Å². The molecule has 0 saturated carbocycles. The molecule has 0 saturated heterocycles. The first kappa shape index (κ1) is 28.0. The van der Waals surface area contributed by atoms with E-state index in [0.29, 0.717) is 37.5 Å². The first-order valence-electron chi connectivity index (χ1n) is 12.4. The van der Waals surface area contributed by atoms with Gasteiger partial charge in [-0.05, 0) is 69.7 Å². The van der Waals surface area contributed by atoms with E-state index in [1.165, 1.54) is 30.0 Å². The van der Waals surface area contributed by atoms with Crippen molar-refractivity contribution in [1.29, 1.82) is 5.26 Å². The smallest absolute Gasteiger partial charge is 0.341 e. The van der Waals surface area contributed by atoms with Crippen LogP contribution in [-0.2, 0) is 27.2 Å². The Labute approximate surface area is 235 Å². The van der Waals surface area contributed by atoms with Crippen LogP contribution in [0.5, 0.6) is 0 Å². The summed E-state index contributed by atoms with van der Waals surface area (Å²) in [6, 6.07) is 9.31. The zero-order valence-corrected chi connectivity index (χ0v) is 23.8.